The summed E-state index contributed by atoms with van der Waals surface area (Å²) in [6.07, 6.45) is 0. The lowest BCUT2D eigenvalue weighted by Crippen LogP contribution is -2.22. The SMILES string of the molecule is CC(C)c1ccc(C(C([NH])=O)C(=O)O)cc1. The van der Waals surface area contributed by atoms with Crippen LogP contribution in [0.2, 0.25) is 0 Å². The number of benzene rings is 1. The highest BCUT2D eigenvalue weighted by Crippen LogP contribution is 2.20. The van der Waals surface area contributed by atoms with Crippen LogP contribution in [0.4, 0.5) is 0 Å². The van der Waals surface area contributed by atoms with Crippen molar-refractivity contribution in [2.75, 3.05) is 0 Å². The van der Waals surface area contributed by atoms with E-state index in [0.717, 1.165) is 5.56 Å². The number of carbonyl (C=O) groups excluding carboxylic acids is 1. The molecule has 0 spiro atoms. The van der Waals surface area contributed by atoms with E-state index in [2.05, 4.69) is 0 Å². The Kier molecular flexibility index (Phi) is 3.66. The van der Waals surface area contributed by atoms with Crippen molar-refractivity contribution in [1.29, 1.82) is 0 Å². The van der Waals surface area contributed by atoms with Gasteiger partial charge in [0, 0.05) is 0 Å². The molecule has 0 saturated carbocycles. The molecule has 1 unspecified atom stereocenters. The van der Waals surface area contributed by atoms with Gasteiger partial charge in [-0.3, -0.25) is 15.3 Å². The summed E-state index contributed by atoms with van der Waals surface area (Å²) in [7, 11) is 0. The molecule has 1 rings (SSSR count). The van der Waals surface area contributed by atoms with E-state index >= 15 is 0 Å². The van der Waals surface area contributed by atoms with Crippen LogP contribution in [0.5, 0.6) is 0 Å². The third kappa shape index (κ3) is 2.59. The predicted molar refractivity (Wildman–Crippen MR) is 59.0 cm³/mol. The molecule has 16 heavy (non-hydrogen) atoms. The predicted octanol–water partition coefficient (Wildman–Crippen LogP) is 1.79. The molecular weight excluding hydrogens is 206 g/mol. The van der Waals surface area contributed by atoms with Crippen LogP contribution in [0.25, 0.3) is 0 Å². The van der Waals surface area contributed by atoms with Crippen molar-refractivity contribution in [3.05, 3.63) is 35.4 Å². The van der Waals surface area contributed by atoms with Crippen LogP contribution in [-0.4, -0.2) is 17.0 Å². The van der Waals surface area contributed by atoms with E-state index in [9.17, 15) is 9.59 Å². The summed E-state index contributed by atoms with van der Waals surface area (Å²) < 4.78 is 0. The van der Waals surface area contributed by atoms with E-state index < -0.39 is 17.8 Å². The lowest BCUT2D eigenvalue weighted by molar-refractivity contribution is -0.142. The molecule has 4 nitrogen and oxygen atoms in total. The number of hydrogen-bond acceptors (Lipinski definition) is 2. The number of amides is 1. The lowest BCUT2D eigenvalue weighted by Gasteiger charge is -2.10. The molecule has 0 saturated heterocycles. The molecule has 0 aliphatic carbocycles. The molecule has 1 radical (unpaired) electrons. The van der Waals surface area contributed by atoms with Crippen molar-refractivity contribution in [2.45, 2.75) is 25.7 Å². The van der Waals surface area contributed by atoms with Gasteiger partial charge in [0.1, 0.15) is 0 Å². The highest BCUT2D eigenvalue weighted by molar-refractivity contribution is 6.01. The van der Waals surface area contributed by atoms with Crippen LogP contribution >= 0.6 is 0 Å². The number of carboxylic acids is 1. The van der Waals surface area contributed by atoms with Gasteiger partial charge in [-0.25, -0.2) is 0 Å². The first-order valence-corrected chi connectivity index (χ1v) is 5.01. The quantitative estimate of drug-likeness (QED) is 0.785. The second-order valence-corrected chi connectivity index (χ2v) is 3.96. The minimum absolute atomic E-state index is 0.351. The zero-order valence-corrected chi connectivity index (χ0v) is 9.23. The number of rotatable bonds is 4. The fourth-order valence-electron chi connectivity index (χ4n) is 1.48. The van der Waals surface area contributed by atoms with Crippen LogP contribution in [0.15, 0.2) is 24.3 Å². The summed E-state index contributed by atoms with van der Waals surface area (Å²) in [5.74, 6) is -3.40. The zero-order valence-electron chi connectivity index (χ0n) is 9.23. The second kappa shape index (κ2) is 4.79. The van der Waals surface area contributed by atoms with E-state index in [1.807, 2.05) is 13.8 Å². The largest absolute Gasteiger partial charge is 0.480 e. The van der Waals surface area contributed by atoms with Gasteiger partial charge in [0.2, 0.25) is 0 Å². The van der Waals surface area contributed by atoms with Crippen LogP contribution in [-0.2, 0) is 9.59 Å². The molecule has 2 N–H and O–H groups in total. The number of hydrogen-bond donors (Lipinski definition) is 1. The van der Waals surface area contributed by atoms with Gasteiger partial charge in [-0.2, -0.15) is 0 Å². The Labute approximate surface area is 94.1 Å². The Morgan fingerprint density at radius 2 is 1.56 bits per heavy atom. The first-order valence-electron chi connectivity index (χ1n) is 5.01. The molecule has 1 amide bonds. The van der Waals surface area contributed by atoms with Crippen LogP contribution < -0.4 is 5.73 Å². The number of carboxylic acid groups (broad SMARTS) is 1. The van der Waals surface area contributed by atoms with Crippen LogP contribution in [0.1, 0.15) is 36.8 Å². The third-order valence-corrected chi connectivity index (χ3v) is 2.45. The average Bonchev–Trinajstić information content (AvgIpc) is 2.17. The van der Waals surface area contributed by atoms with Gasteiger partial charge in [-0.05, 0) is 17.0 Å². The Morgan fingerprint density at radius 1 is 1.12 bits per heavy atom. The maximum Gasteiger partial charge on any atom is 0.320 e. The van der Waals surface area contributed by atoms with Crippen molar-refractivity contribution in [3.8, 4) is 0 Å². The molecule has 1 aromatic rings. The van der Waals surface area contributed by atoms with E-state index in [0.29, 0.717) is 11.5 Å². The molecule has 4 heteroatoms. The molecule has 0 heterocycles. The summed E-state index contributed by atoms with van der Waals surface area (Å²) in [4.78, 5) is 21.7. The maximum atomic E-state index is 10.9. The van der Waals surface area contributed by atoms with Crippen molar-refractivity contribution >= 4 is 11.9 Å². The molecule has 85 valence electrons. The summed E-state index contributed by atoms with van der Waals surface area (Å²) in [6, 6.07) is 6.78. The Hall–Kier alpha value is -1.84. The third-order valence-electron chi connectivity index (χ3n) is 2.45. The molecule has 1 aromatic carbocycles. The monoisotopic (exact) mass is 220 g/mol. The molecule has 0 aliphatic heterocycles. The van der Waals surface area contributed by atoms with Gasteiger partial charge in [0.25, 0.3) is 5.91 Å². The fraction of sp³-hybridized carbons (Fsp3) is 0.333. The second-order valence-electron chi connectivity index (χ2n) is 3.96. The molecule has 1 atom stereocenters. The van der Waals surface area contributed by atoms with Gasteiger partial charge in [0.05, 0.1) is 0 Å². The van der Waals surface area contributed by atoms with Crippen molar-refractivity contribution in [2.24, 2.45) is 0 Å². The van der Waals surface area contributed by atoms with Gasteiger partial charge in [0.15, 0.2) is 5.92 Å². The summed E-state index contributed by atoms with van der Waals surface area (Å²) in [5.41, 5.74) is 8.35. The van der Waals surface area contributed by atoms with Gasteiger partial charge in [-0.1, -0.05) is 38.1 Å². The standard InChI is InChI=1S/C12H14NO3/c1-7(2)8-3-5-9(6-4-8)10(11(13)14)12(15)16/h3-7,10,13H,1-2H3,(H,15,16). The molecular formula is C12H14NO3. The number of aliphatic carboxylic acids is 1. The first-order chi connectivity index (χ1) is 7.43. The zero-order chi connectivity index (χ0) is 12.3. The minimum Gasteiger partial charge on any atom is -0.480 e. The van der Waals surface area contributed by atoms with E-state index in [1.165, 1.54) is 0 Å². The van der Waals surface area contributed by atoms with Gasteiger partial charge in [-0.15, -0.1) is 0 Å². The van der Waals surface area contributed by atoms with E-state index in [-0.39, 0.29) is 0 Å². The normalized spacial score (nSPS) is 12.4. The van der Waals surface area contributed by atoms with E-state index in [4.69, 9.17) is 10.8 Å². The van der Waals surface area contributed by atoms with E-state index in [1.54, 1.807) is 24.3 Å². The van der Waals surface area contributed by atoms with Crippen molar-refractivity contribution in [3.63, 3.8) is 0 Å². The van der Waals surface area contributed by atoms with Crippen LogP contribution in [0.3, 0.4) is 0 Å². The number of nitrogens with one attached hydrogen (secondary N) is 1. The summed E-state index contributed by atoms with van der Waals surface area (Å²) >= 11 is 0. The Balaban J connectivity index is 3.04. The van der Waals surface area contributed by atoms with Gasteiger partial charge < -0.3 is 5.11 Å². The minimum atomic E-state index is -1.37. The molecule has 0 bridgehead atoms. The van der Waals surface area contributed by atoms with Crippen molar-refractivity contribution in [1.82, 2.24) is 5.73 Å². The maximum absolute atomic E-state index is 10.9. The first kappa shape index (κ1) is 12.2. The highest BCUT2D eigenvalue weighted by Gasteiger charge is 2.26. The van der Waals surface area contributed by atoms with Crippen LogP contribution in [0, 0.1) is 0 Å². The van der Waals surface area contributed by atoms with Gasteiger partial charge >= 0.3 is 5.97 Å². The Morgan fingerprint density at radius 3 is 1.88 bits per heavy atom. The molecule has 0 aliphatic rings. The Bertz CT molecular complexity index is 381. The lowest BCUT2D eigenvalue weighted by atomic mass is 9.95. The summed E-state index contributed by atoms with van der Waals surface area (Å²) in [5, 5.41) is 8.83. The summed E-state index contributed by atoms with van der Waals surface area (Å²) in [6.45, 7) is 4.05. The average molecular weight is 220 g/mol. The van der Waals surface area contributed by atoms with Crippen molar-refractivity contribution < 1.29 is 14.7 Å². The molecule has 0 fully saturated rings. The highest BCUT2D eigenvalue weighted by atomic mass is 16.4. The smallest absolute Gasteiger partial charge is 0.320 e. The number of carbonyl (C=O) groups is 2. The molecule has 0 aromatic heterocycles. The topological polar surface area (TPSA) is 78.2 Å². The fourth-order valence-corrected chi connectivity index (χ4v) is 1.48.